The topological polar surface area (TPSA) is 103 Å². The zero-order valence-corrected chi connectivity index (χ0v) is 19.8. The van der Waals surface area contributed by atoms with Crippen LogP contribution in [0, 0.1) is 5.41 Å². The maximum atomic E-state index is 13.1. The second-order valence-corrected chi connectivity index (χ2v) is 10.4. The third-order valence-electron chi connectivity index (χ3n) is 7.16. The fraction of sp³-hybridized carbons (Fsp3) is 0.400. The molecule has 5 rings (SSSR count). The monoisotopic (exact) mass is 478 g/mol. The van der Waals surface area contributed by atoms with Gasteiger partial charge in [-0.1, -0.05) is 18.2 Å². The largest absolute Gasteiger partial charge is 0.342 e. The van der Waals surface area contributed by atoms with Crippen LogP contribution in [0.5, 0.6) is 0 Å². The number of carbonyl (C=O) groups is 3. The predicted molar refractivity (Wildman–Crippen MR) is 129 cm³/mol. The van der Waals surface area contributed by atoms with Gasteiger partial charge in [0, 0.05) is 31.6 Å². The Bertz CT molecular complexity index is 1340. The smallest absolute Gasteiger partial charge is 0.272 e. The highest BCUT2D eigenvalue weighted by molar-refractivity contribution is 7.15. The number of aromatic amines is 1. The molecule has 4 heterocycles. The fourth-order valence-corrected chi connectivity index (χ4v) is 5.97. The molecule has 0 aliphatic carbocycles. The molecule has 8 nitrogen and oxygen atoms in total. The van der Waals surface area contributed by atoms with E-state index in [-0.39, 0.29) is 35.0 Å². The molecule has 2 amide bonds. The molecule has 2 aromatic heterocycles. The van der Waals surface area contributed by atoms with E-state index in [9.17, 15) is 19.2 Å². The first-order valence-electron chi connectivity index (χ1n) is 11.5. The second kappa shape index (κ2) is 8.79. The minimum Gasteiger partial charge on any atom is -0.342 e. The Kier molecular flexibility index (Phi) is 5.81. The molecule has 0 atom stereocenters. The quantitative estimate of drug-likeness (QED) is 0.581. The summed E-state index contributed by atoms with van der Waals surface area (Å²) in [5, 5.41) is 7.89. The first kappa shape index (κ1) is 22.5. The number of Topliss-reactive ketones (excluding diaryl/α,β-unsaturated/α-hetero) is 1. The van der Waals surface area contributed by atoms with Crippen molar-refractivity contribution in [3.8, 4) is 0 Å². The lowest BCUT2D eigenvalue weighted by atomic mass is 9.77. The van der Waals surface area contributed by atoms with E-state index in [1.54, 1.807) is 24.3 Å². The number of ketones is 1. The van der Waals surface area contributed by atoms with Crippen molar-refractivity contribution >= 4 is 39.7 Å². The SMILES string of the molecule is CC(=O)c1ccc(C(=O)N2CCC3(CCN(C(=O)Cc4n[nH]c(=O)c5ccccc45)C3)CC2)s1. The van der Waals surface area contributed by atoms with Gasteiger partial charge in [0.05, 0.1) is 27.3 Å². The Morgan fingerprint density at radius 3 is 2.29 bits per heavy atom. The van der Waals surface area contributed by atoms with Gasteiger partial charge in [-0.2, -0.15) is 5.10 Å². The van der Waals surface area contributed by atoms with Gasteiger partial charge in [0.15, 0.2) is 5.78 Å². The average Bonchev–Trinajstić information content (AvgIpc) is 3.50. The number of carbonyl (C=O) groups excluding carboxylic acids is 3. The number of amides is 2. The zero-order chi connectivity index (χ0) is 23.9. The molecular formula is C25H26N4O4S. The average molecular weight is 479 g/mol. The molecular weight excluding hydrogens is 452 g/mol. The van der Waals surface area contributed by atoms with Gasteiger partial charge in [-0.3, -0.25) is 19.2 Å². The van der Waals surface area contributed by atoms with E-state index in [0.717, 1.165) is 19.3 Å². The van der Waals surface area contributed by atoms with E-state index >= 15 is 0 Å². The molecule has 0 saturated carbocycles. The number of H-pyrrole nitrogens is 1. The third kappa shape index (κ3) is 4.16. The van der Waals surface area contributed by atoms with Crippen molar-refractivity contribution in [1.29, 1.82) is 0 Å². The summed E-state index contributed by atoms with van der Waals surface area (Å²) >= 11 is 1.25. The third-order valence-corrected chi connectivity index (χ3v) is 8.33. The Labute approximate surface area is 200 Å². The summed E-state index contributed by atoms with van der Waals surface area (Å²) in [7, 11) is 0. The molecule has 2 aliphatic heterocycles. The number of rotatable bonds is 4. The van der Waals surface area contributed by atoms with Crippen molar-refractivity contribution < 1.29 is 14.4 Å². The van der Waals surface area contributed by atoms with Crippen molar-refractivity contribution in [2.24, 2.45) is 5.41 Å². The summed E-state index contributed by atoms with van der Waals surface area (Å²) in [4.78, 5) is 54.5. The van der Waals surface area contributed by atoms with Gasteiger partial charge in [0.25, 0.3) is 11.5 Å². The van der Waals surface area contributed by atoms with Crippen LogP contribution >= 0.6 is 11.3 Å². The van der Waals surface area contributed by atoms with E-state index < -0.39 is 0 Å². The molecule has 2 aliphatic rings. The van der Waals surface area contributed by atoms with Crippen LogP contribution in [-0.2, 0) is 11.2 Å². The molecule has 2 fully saturated rings. The molecule has 176 valence electrons. The number of hydrogen-bond acceptors (Lipinski definition) is 6. The van der Waals surface area contributed by atoms with E-state index in [0.29, 0.717) is 52.4 Å². The molecule has 0 radical (unpaired) electrons. The van der Waals surface area contributed by atoms with Crippen molar-refractivity contribution in [3.63, 3.8) is 0 Å². The van der Waals surface area contributed by atoms with Gasteiger partial charge in [-0.25, -0.2) is 5.10 Å². The van der Waals surface area contributed by atoms with Crippen LogP contribution in [0.3, 0.4) is 0 Å². The van der Waals surface area contributed by atoms with E-state index in [1.165, 1.54) is 18.3 Å². The molecule has 1 spiro atoms. The van der Waals surface area contributed by atoms with Crippen LogP contribution in [0.1, 0.15) is 51.2 Å². The number of piperidine rings is 1. The Hall–Kier alpha value is -3.33. The molecule has 9 heteroatoms. The highest BCUT2D eigenvalue weighted by Crippen LogP contribution is 2.41. The number of nitrogens with zero attached hydrogens (tertiary/aromatic N) is 3. The minimum atomic E-state index is -0.256. The Morgan fingerprint density at radius 1 is 0.971 bits per heavy atom. The normalized spacial score (nSPS) is 17.4. The highest BCUT2D eigenvalue weighted by atomic mass is 32.1. The van der Waals surface area contributed by atoms with Crippen molar-refractivity contribution in [1.82, 2.24) is 20.0 Å². The zero-order valence-electron chi connectivity index (χ0n) is 19.0. The fourth-order valence-electron chi connectivity index (χ4n) is 5.10. The molecule has 3 aromatic rings. The van der Waals surface area contributed by atoms with Crippen LogP contribution in [0.15, 0.2) is 41.2 Å². The van der Waals surface area contributed by atoms with Gasteiger partial charge < -0.3 is 9.80 Å². The summed E-state index contributed by atoms with van der Waals surface area (Å²) < 4.78 is 0. The van der Waals surface area contributed by atoms with Gasteiger partial charge in [0.2, 0.25) is 5.91 Å². The first-order valence-corrected chi connectivity index (χ1v) is 12.3. The van der Waals surface area contributed by atoms with E-state index in [4.69, 9.17) is 0 Å². The van der Waals surface area contributed by atoms with Crippen LogP contribution < -0.4 is 5.56 Å². The summed E-state index contributed by atoms with van der Waals surface area (Å²) in [6, 6.07) is 10.6. The number of likely N-dealkylation sites (tertiary alicyclic amines) is 2. The van der Waals surface area contributed by atoms with Crippen LogP contribution in [0.4, 0.5) is 0 Å². The van der Waals surface area contributed by atoms with Gasteiger partial charge in [-0.15, -0.1) is 11.3 Å². The number of benzene rings is 1. The lowest BCUT2D eigenvalue weighted by molar-refractivity contribution is -0.130. The number of aromatic nitrogens is 2. The summed E-state index contributed by atoms with van der Waals surface area (Å²) in [5.41, 5.74) is 0.364. The number of hydrogen-bond donors (Lipinski definition) is 1. The number of nitrogens with one attached hydrogen (secondary N) is 1. The molecule has 1 aromatic carbocycles. The van der Waals surface area contributed by atoms with E-state index in [1.807, 2.05) is 21.9 Å². The van der Waals surface area contributed by atoms with Crippen LogP contribution in [0.25, 0.3) is 10.8 Å². The van der Waals surface area contributed by atoms with Gasteiger partial charge in [-0.05, 0) is 49.8 Å². The lowest BCUT2D eigenvalue weighted by Crippen LogP contribution is -2.44. The lowest BCUT2D eigenvalue weighted by Gasteiger charge is -2.39. The summed E-state index contributed by atoms with van der Waals surface area (Å²) in [5.74, 6) is -0.0350. The van der Waals surface area contributed by atoms with E-state index in [2.05, 4.69) is 10.2 Å². The second-order valence-electron chi connectivity index (χ2n) is 9.30. The summed E-state index contributed by atoms with van der Waals surface area (Å²) in [6.45, 7) is 4.19. The molecule has 0 bridgehead atoms. The Morgan fingerprint density at radius 2 is 1.62 bits per heavy atom. The maximum absolute atomic E-state index is 13.1. The molecule has 2 saturated heterocycles. The standard InChI is InChI=1S/C25H26N4O4S/c1-16(30)20-6-7-21(34-20)24(33)28-11-8-25(9-12-28)10-13-29(15-25)22(31)14-19-17-4-2-3-5-18(17)23(32)27-26-19/h2-7H,8-15H2,1H3,(H,27,32). The van der Waals surface area contributed by atoms with Crippen molar-refractivity contribution in [3.05, 3.63) is 62.2 Å². The summed E-state index contributed by atoms with van der Waals surface area (Å²) in [6.07, 6.45) is 2.78. The van der Waals surface area contributed by atoms with Gasteiger partial charge >= 0.3 is 0 Å². The van der Waals surface area contributed by atoms with Crippen LogP contribution in [-0.4, -0.2) is 63.8 Å². The highest BCUT2D eigenvalue weighted by Gasteiger charge is 2.43. The first-order chi connectivity index (χ1) is 16.3. The van der Waals surface area contributed by atoms with Crippen molar-refractivity contribution in [2.75, 3.05) is 26.2 Å². The maximum Gasteiger partial charge on any atom is 0.272 e. The molecule has 1 N–H and O–H groups in total. The van der Waals surface area contributed by atoms with Crippen LogP contribution in [0.2, 0.25) is 0 Å². The molecule has 34 heavy (non-hydrogen) atoms. The minimum absolute atomic E-state index is 0.00966. The van der Waals surface area contributed by atoms with Crippen molar-refractivity contribution in [2.45, 2.75) is 32.6 Å². The number of fused-ring (bicyclic) bond motifs is 1. The predicted octanol–water partition coefficient (Wildman–Crippen LogP) is 2.88. The Balaban J connectivity index is 1.21. The van der Waals surface area contributed by atoms with Gasteiger partial charge in [0.1, 0.15) is 0 Å². The number of thiophene rings is 1. The molecule has 0 unspecified atom stereocenters.